The first-order valence-electron chi connectivity index (χ1n) is 7.19. The molecule has 0 bridgehead atoms. The number of unbranched alkanes of at least 4 members (excludes halogenated alkanes) is 1. The SMILES string of the molecule is CC(C)n1c(=O)n(CCCCNC(=O)O)c2ccccc21. The smallest absolute Gasteiger partial charge is 0.404 e. The van der Waals surface area contributed by atoms with E-state index in [9.17, 15) is 9.59 Å². The second kappa shape index (κ2) is 6.47. The van der Waals surface area contributed by atoms with E-state index in [1.165, 1.54) is 0 Å². The predicted octanol–water partition coefficient (Wildman–Crippen LogP) is 2.43. The summed E-state index contributed by atoms with van der Waals surface area (Å²) in [5.41, 5.74) is 1.88. The third kappa shape index (κ3) is 3.26. The summed E-state index contributed by atoms with van der Waals surface area (Å²) in [5, 5.41) is 10.8. The van der Waals surface area contributed by atoms with E-state index in [2.05, 4.69) is 5.32 Å². The lowest BCUT2D eigenvalue weighted by molar-refractivity contribution is 0.194. The van der Waals surface area contributed by atoms with Gasteiger partial charge < -0.3 is 10.4 Å². The van der Waals surface area contributed by atoms with Crippen LogP contribution in [0.1, 0.15) is 32.7 Å². The number of nitrogens with one attached hydrogen (secondary N) is 1. The number of aromatic nitrogens is 2. The van der Waals surface area contributed by atoms with Crippen LogP contribution >= 0.6 is 0 Å². The minimum Gasteiger partial charge on any atom is -0.465 e. The molecular formula is C15H21N3O3. The summed E-state index contributed by atoms with van der Waals surface area (Å²) in [6.45, 7) is 5.00. The fraction of sp³-hybridized carbons (Fsp3) is 0.467. The van der Waals surface area contributed by atoms with Crippen LogP contribution in [0, 0.1) is 0 Å². The third-order valence-corrected chi connectivity index (χ3v) is 3.47. The molecule has 0 atom stereocenters. The van der Waals surface area contributed by atoms with Crippen LogP contribution in [0.2, 0.25) is 0 Å². The molecule has 2 N–H and O–H groups in total. The Bertz CT molecular complexity index is 685. The van der Waals surface area contributed by atoms with Gasteiger partial charge in [-0.3, -0.25) is 9.13 Å². The molecule has 0 saturated heterocycles. The zero-order valence-electron chi connectivity index (χ0n) is 12.4. The number of para-hydroxylation sites is 2. The Kier molecular flexibility index (Phi) is 4.67. The van der Waals surface area contributed by atoms with Gasteiger partial charge in [0.25, 0.3) is 0 Å². The van der Waals surface area contributed by atoms with Crippen molar-refractivity contribution in [3.63, 3.8) is 0 Å². The zero-order chi connectivity index (χ0) is 15.4. The number of fused-ring (bicyclic) bond motifs is 1. The molecular weight excluding hydrogens is 270 g/mol. The maximum Gasteiger partial charge on any atom is 0.404 e. The van der Waals surface area contributed by atoms with Crippen LogP contribution < -0.4 is 11.0 Å². The molecule has 1 aromatic heterocycles. The largest absolute Gasteiger partial charge is 0.465 e. The number of benzene rings is 1. The Hall–Kier alpha value is -2.24. The lowest BCUT2D eigenvalue weighted by Gasteiger charge is -2.06. The molecule has 0 saturated carbocycles. The fourth-order valence-corrected chi connectivity index (χ4v) is 2.54. The van der Waals surface area contributed by atoms with Crippen LogP contribution in [0.5, 0.6) is 0 Å². The number of imidazole rings is 1. The van der Waals surface area contributed by atoms with Crippen molar-refractivity contribution in [3.05, 3.63) is 34.7 Å². The Morgan fingerprint density at radius 1 is 1.24 bits per heavy atom. The van der Waals surface area contributed by atoms with Gasteiger partial charge in [0.05, 0.1) is 11.0 Å². The summed E-state index contributed by atoms with van der Waals surface area (Å²) >= 11 is 0. The summed E-state index contributed by atoms with van der Waals surface area (Å²) in [7, 11) is 0. The molecule has 0 radical (unpaired) electrons. The van der Waals surface area contributed by atoms with Gasteiger partial charge in [0.2, 0.25) is 0 Å². The van der Waals surface area contributed by atoms with E-state index >= 15 is 0 Å². The molecule has 6 nitrogen and oxygen atoms in total. The predicted molar refractivity (Wildman–Crippen MR) is 81.8 cm³/mol. The van der Waals surface area contributed by atoms with Crippen molar-refractivity contribution in [2.24, 2.45) is 0 Å². The first-order chi connectivity index (χ1) is 10.0. The van der Waals surface area contributed by atoms with Crippen molar-refractivity contribution in [3.8, 4) is 0 Å². The highest BCUT2D eigenvalue weighted by molar-refractivity contribution is 5.76. The van der Waals surface area contributed by atoms with Crippen molar-refractivity contribution in [2.45, 2.75) is 39.3 Å². The van der Waals surface area contributed by atoms with Gasteiger partial charge in [0.15, 0.2) is 0 Å². The molecule has 1 aromatic carbocycles. The van der Waals surface area contributed by atoms with Gasteiger partial charge in [-0.25, -0.2) is 9.59 Å². The molecule has 114 valence electrons. The normalized spacial score (nSPS) is 11.2. The first kappa shape index (κ1) is 15.2. The average molecular weight is 291 g/mol. The van der Waals surface area contributed by atoms with Gasteiger partial charge in [-0.05, 0) is 38.8 Å². The topological polar surface area (TPSA) is 76.3 Å². The van der Waals surface area contributed by atoms with Crippen molar-refractivity contribution in [1.82, 2.24) is 14.5 Å². The number of nitrogens with zero attached hydrogens (tertiary/aromatic N) is 2. The van der Waals surface area contributed by atoms with E-state index in [4.69, 9.17) is 5.11 Å². The maximum atomic E-state index is 12.5. The Morgan fingerprint density at radius 2 is 1.90 bits per heavy atom. The van der Waals surface area contributed by atoms with Crippen LogP contribution in [-0.2, 0) is 6.54 Å². The van der Waals surface area contributed by atoms with Crippen LogP contribution in [0.4, 0.5) is 4.79 Å². The summed E-state index contributed by atoms with van der Waals surface area (Å²) in [6, 6.07) is 7.87. The minimum atomic E-state index is -1.01. The van der Waals surface area contributed by atoms with Gasteiger partial charge >= 0.3 is 11.8 Å². The zero-order valence-corrected chi connectivity index (χ0v) is 12.4. The second-order valence-electron chi connectivity index (χ2n) is 5.33. The highest BCUT2D eigenvalue weighted by atomic mass is 16.4. The summed E-state index contributed by atoms with van der Waals surface area (Å²) in [5.74, 6) is 0. The number of aryl methyl sites for hydroxylation is 1. The maximum absolute atomic E-state index is 12.5. The summed E-state index contributed by atoms with van der Waals surface area (Å²) < 4.78 is 3.57. The number of rotatable bonds is 6. The van der Waals surface area contributed by atoms with Crippen LogP contribution in [0.3, 0.4) is 0 Å². The number of carboxylic acid groups (broad SMARTS) is 1. The van der Waals surface area contributed by atoms with E-state index in [1.807, 2.05) is 38.1 Å². The Labute approximate surface area is 123 Å². The Morgan fingerprint density at radius 3 is 2.52 bits per heavy atom. The molecule has 6 heteroatoms. The van der Waals surface area contributed by atoms with E-state index in [1.54, 1.807) is 9.13 Å². The fourth-order valence-electron chi connectivity index (χ4n) is 2.54. The van der Waals surface area contributed by atoms with E-state index < -0.39 is 6.09 Å². The molecule has 0 aliphatic rings. The van der Waals surface area contributed by atoms with Gasteiger partial charge in [0.1, 0.15) is 0 Å². The summed E-state index contributed by atoms with van der Waals surface area (Å²) in [4.78, 5) is 22.9. The van der Waals surface area contributed by atoms with Gasteiger partial charge in [-0.2, -0.15) is 0 Å². The van der Waals surface area contributed by atoms with Gasteiger partial charge in [-0.1, -0.05) is 12.1 Å². The molecule has 21 heavy (non-hydrogen) atoms. The van der Waals surface area contributed by atoms with Crippen LogP contribution in [0.25, 0.3) is 11.0 Å². The molecule has 1 amide bonds. The van der Waals surface area contributed by atoms with Crippen molar-refractivity contribution >= 4 is 17.1 Å². The quantitative estimate of drug-likeness (QED) is 0.803. The number of amides is 1. The van der Waals surface area contributed by atoms with Gasteiger partial charge in [0, 0.05) is 19.1 Å². The van der Waals surface area contributed by atoms with Gasteiger partial charge in [-0.15, -0.1) is 0 Å². The lowest BCUT2D eigenvalue weighted by Crippen LogP contribution is -2.26. The number of hydrogen-bond acceptors (Lipinski definition) is 2. The molecule has 0 fully saturated rings. The number of carbonyl (C=O) groups is 1. The van der Waals surface area contributed by atoms with Crippen molar-refractivity contribution in [2.75, 3.05) is 6.54 Å². The monoisotopic (exact) mass is 291 g/mol. The van der Waals surface area contributed by atoms with E-state index in [0.717, 1.165) is 17.5 Å². The lowest BCUT2D eigenvalue weighted by atomic mass is 10.2. The Balaban J connectivity index is 2.18. The highest BCUT2D eigenvalue weighted by Crippen LogP contribution is 2.17. The van der Waals surface area contributed by atoms with Crippen molar-refractivity contribution < 1.29 is 9.90 Å². The standard InChI is InChI=1S/C15H21N3O3/c1-11(2)18-13-8-4-3-7-12(13)17(15(18)21)10-6-5-9-16-14(19)20/h3-4,7-8,11,16H,5-6,9-10H2,1-2H3,(H,19,20). The van der Waals surface area contributed by atoms with E-state index in [-0.39, 0.29) is 11.7 Å². The van der Waals surface area contributed by atoms with Crippen LogP contribution in [-0.4, -0.2) is 26.9 Å². The van der Waals surface area contributed by atoms with E-state index in [0.29, 0.717) is 19.5 Å². The van der Waals surface area contributed by atoms with Crippen molar-refractivity contribution in [1.29, 1.82) is 0 Å². The molecule has 0 aliphatic heterocycles. The molecule has 1 heterocycles. The molecule has 2 aromatic rings. The first-order valence-corrected chi connectivity index (χ1v) is 7.19. The third-order valence-electron chi connectivity index (χ3n) is 3.47. The van der Waals surface area contributed by atoms with Crippen LogP contribution in [0.15, 0.2) is 29.1 Å². The molecule has 0 spiro atoms. The summed E-state index contributed by atoms with van der Waals surface area (Å²) in [6.07, 6.45) is 0.454. The minimum absolute atomic E-state index is 0.00241. The highest BCUT2D eigenvalue weighted by Gasteiger charge is 2.14. The molecule has 0 unspecified atom stereocenters. The average Bonchev–Trinajstić information content (AvgIpc) is 2.70. The second-order valence-corrected chi connectivity index (χ2v) is 5.33. The molecule has 2 rings (SSSR count). The number of hydrogen-bond donors (Lipinski definition) is 2. The molecule has 0 aliphatic carbocycles.